The number of alkyl carbamates (subject to hydrolysis) is 1. The zero-order valence-electron chi connectivity index (χ0n) is 22.2. The Morgan fingerprint density at radius 3 is 2.16 bits per heavy atom. The molecule has 1 saturated carbocycles. The molecular weight excluding hydrogens is 516 g/mol. The normalized spacial score (nSPS) is 21.1. The minimum absolute atomic E-state index is 0.225. The number of hydrogen-bond acceptors (Lipinski definition) is 6. The van der Waals surface area contributed by atoms with Crippen molar-refractivity contribution in [2.24, 2.45) is 5.41 Å². The molecule has 1 heterocycles. The third-order valence-corrected chi connectivity index (χ3v) is 6.37. The van der Waals surface area contributed by atoms with Gasteiger partial charge < -0.3 is 25.6 Å². The number of hydrogen-bond donors (Lipinski definition) is 3. The first-order valence-corrected chi connectivity index (χ1v) is 12.4. The van der Waals surface area contributed by atoms with Crippen molar-refractivity contribution in [1.82, 2.24) is 20.9 Å². The number of likely N-dealkylation sites (tertiary alicyclic amines) is 1. The number of carbonyl (C=O) groups is 5. The molecule has 1 aliphatic carbocycles. The molecule has 0 aromatic carbocycles. The van der Waals surface area contributed by atoms with E-state index in [0.29, 0.717) is 19.8 Å². The molecule has 4 amide bonds. The van der Waals surface area contributed by atoms with Crippen LogP contribution in [0.15, 0.2) is 0 Å². The van der Waals surface area contributed by atoms with Crippen molar-refractivity contribution in [2.45, 2.75) is 102 Å². The molecule has 216 valence electrons. The number of amides is 4. The first-order valence-electron chi connectivity index (χ1n) is 12.4. The summed E-state index contributed by atoms with van der Waals surface area (Å²) in [4.78, 5) is 64.4. The number of Topliss-reactive ketones (excluding diaryl/α,β-unsaturated/α-hetero) is 1. The average Bonchev–Trinajstić information content (AvgIpc) is 3.60. The average molecular weight is 553 g/mol. The third kappa shape index (κ3) is 9.12. The van der Waals surface area contributed by atoms with Gasteiger partial charge in [-0.25, -0.2) is 22.4 Å². The van der Waals surface area contributed by atoms with Crippen LogP contribution in [-0.4, -0.2) is 84.2 Å². The fourth-order valence-corrected chi connectivity index (χ4v) is 4.00. The Morgan fingerprint density at radius 2 is 1.66 bits per heavy atom. The lowest BCUT2D eigenvalue weighted by Crippen LogP contribution is -2.63. The lowest BCUT2D eigenvalue weighted by atomic mass is 9.84. The number of ether oxygens (including phenoxy) is 1. The lowest BCUT2D eigenvalue weighted by Gasteiger charge is -2.42. The molecule has 0 aromatic heterocycles. The molecule has 2 rings (SSSR count). The Kier molecular flexibility index (Phi) is 9.76. The van der Waals surface area contributed by atoms with Crippen LogP contribution in [0.1, 0.15) is 66.2 Å². The van der Waals surface area contributed by atoms with Gasteiger partial charge in [-0.1, -0.05) is 20.8 Å². The van der Waals surface area contributed by atoms with Crippen molar-refractivity contribution in [1.29, 1.82) is 0 Å². The van der Waals surface area contributed by atoms with Crippen molar-refractivity contribution in [2.75, 3.05) is 13.7 Å². The summed E-state index contributed by atoms with van der Waals surface area (Å²) in [7, 11) is 1.08. The summed E-state index contributed by atoms with van der Waals surface area (Å²) in [5.74, 6) is -10.9. The zero-order chi connectivity index (χ0) is 29.1. The van der Waals surface area contributed by atoms with Gasteiger partial charge in [-0.15, -0.1) is 0 Å². The molecule has 3 atom stereocenters. The van der Waals surface area contributed by atoms with Crippen molar-refractivity contribution in [3.63, 3.8) is 0 Å². The van der Waals surface area contributed by atoms with E-state index in [1.165, 1.54) is 0 Å². The molecule has 2 aliphatic rings. The predicted molar refractivity (Wildman–Crippen MR) is 126 cm³/mol. The SMILES string of the molecule is COC(=O)N[C@H](C(=O)N1CCC(F)(F)CC1C(=O)N[C@@H](CCC(C)(F)F)C(=O)C(=O)NC1CC1)C(C)(C)C. The van der Waals surface area contributed by atoms with E-state index in [4.69, 9.17) is 0 Å². The highest BCUT2D eigenvalue weighted by Gasteiger charge is 2.49. The van der Waals surface area contributed by atoms with Gasteiger partial charge in [0.2, 0.25) is 23.5 Å². The highest BCUT2D eigenvalue weighted by atomic mass is 19.3. The van der Waals surface area contributed by atoms with Crippen LogP contribution in [0.4, 0.5) is 22.4 Å². The predicted octanol–water partition coefficient (Wildman–Crippen LogP) is 2.15. The van der Waals surface area contributed by atoms with Gasteiger partial charge in [0.15, 0.2) is 0 Å². The second-order valence-electron chi connectivity index (χ2n) is 11.1. The van der Waals surface area contributed by atoms with Gasteiger partial charge in [0.1, 0.15) is 12.1 Å². The largest absolute Gasteiger partial charge is 0.453 e. The van der Waals surface area contributed by atoms with Gasteiger partial charge in [0.25, 0.3) is 11.8 Å². The fraction of sp³-hybridized carbons (Fsp3) is 0.792. The number of rotatable bonds is 10. The topological polar surface area (TPSA) is 134 Å². The molecule has 14 heteroatoms. The maximum Gasteiger partial charge on any atom is 0.407 e. The maximum absolute atomic E-state index is 14.4. The summed E-state index contributed by atoms with van der Waals surface area (Å²) in [5, 5.41) is 6.94. The molecule has 1 saturated heterocycles. The third-order valence-electron chi connectivity index (χ3n) is 6.37. The number of alkyl halides is 4. The lowest BCUT2D eigenvalue weighted by molar-refractivity contribution is -0.156. The molecule has 0 radical (unpaired) electrons. The van der Waals surface area contributed by atoms with E-state index < -0.39 is 97.2 Å². The van der Waals surface area contributed by atoms with E-state index in [0.717, 1.165) is 12.0 Å². The summed E-state index contributed by atoms with van der Waals surface area (Å²) in [6.07, 6.45) is -3.01. The van der Waals surface area contributed by atoms with E-state index in [1.54, 1.807) is 20.8 Å². The van der Waals surface area contributed by atoms with Crippen molar-refractivity contribution in [3.8, 4) is 0 Å². The molecule has 38 heavy (non-hydrogen) atoms. The Hall–Kier alpha value is -2.93. The fourth-order valence-electron chi connectivity index (χ4n) is 4.00. The number of ketones is 1. The van der Waals surface area contributed by atoms with E-state index in [-0.39, 0.29) is 6.04 Å². The number of methoxy groups -OCH3 is 1. The van der Waals surface area contributed by atoms with E-state index in [1.807, 2.05) is 0 Å². The summed E-state index contributed by atoms with van der Waals surface area (Å²) in [5.41, 5.74) is -0.918. The number of nitrogens with one attached hydrogen (secondary N) is 3. The quantitative estimate of drug-likeness (QED) is 0.281. The molecule has 1 aliphatic heterocycles. The maximum atomic E-state index is 14.4. The van der Waals surface area contributed by atoms with Crippen LogP contribution in [0.2, 0.25) is 0 Å². The summed E-state index contributed by atoms with van der Waals surface area (Å²) in [6, 6.07) is -5.00. The molecule has 3 N–H and O–H groups in total. The molecular formula is C24H36F4N4O6. The first kappa shape index (κ1) is 31.3. The van der Waals surface area contributed by atoms with Crippen LogP contribution in [0.25, 0.3) is 0 Å². The van der Waals surface area contributed by atoms with Gasteiger partial charge in [-0.05, 0) is 31.6 Å². The zero-order valence-corrected chi connectivity index (χ0v) is 22.2. The van der Waals surface area contributed by atoms with Crippen LogP contribution in [0.3, 0.4) is 0 Å². The van der Waals surface area contributed by atoms with Crippen LogP contribution in [0.5, 0.6) is 0 Å². The molecule has 10 nitrogen and oxygen atoms in total. The molecule has 0 spiro atoms. The number of nitrogens with zero attached hydrogens (tertiary/aromatic N) is 1. The van der Waals surface area contributed by atoms with E-state index in [9.17, 15) is 41.5 Å². The molecule has 0 bridgehead atoms. The monoisotopic (exact) mass is 552 g/mol. The standard InChI is InChI=1S/C24H36F4N4O6/c1-22(2,3)17(31-21(37)38-5)20(36)32-11-10-24(27,28)12-15(32)18(34)30-14(8-9-23(4,25)26)16(33)19(35)29-13-6-7-13/h13-15,17H,6-12H2,1-5H3,(H,29,35)(H,30,34)(H,31,37)/t14-,15?,17+/m0/s1. The number of halogens is 4. The van der Waals surface area contributed by atoms with Crippen LogP contribution in [0, 0.1) is 5.41 Å². The highest BCUT2D eigenvalue weighted by Crippen LogP contribution is 2.34. The number of carbonyl (C=O) groups excluding carboxylic acids is 5. The second-order valence-corrected chi connectivity index (χ2v) is 11.1. The second kappa shape index (κ2) is 11.9. The Labute approximate surface area is 218 Å². The van der Waals surface area contributed by atoms with Gasteiger partial charge in [-0.2, -0.15) is 0 Å². The summed E-state index contributed by atoms with van der Waals surface area (Å²) >= 11 is 0. The van der Waals surface area contributed by atoms with Gasteiger partial charge in [-0.3, -0.25) is 19.2 Å². The van der Waals surface area contributed by atoms with Crippen molar-refractivity contribution < 1.29 is 46.3 Å². The van der Waals surface area contributed by atoms with Gasteiger partial charge in [0, 0.05) is 31.8 Å². The number of piperidine rings is 1. The van der Waals surface area contributed by atoms with Crippen LogP contribution < -0.4 is 16.0 Å². The Morgan fingerprint density at radius 1 is 1.05 bits per heavy atom. The van der Waals surface area contributed by atoms with E-state index >= 15 is 0 Å². The molecule has 1 unspecified atom stereocenters. The minimum Gasteiger partial charge on any atom is -0.453 e. The van der Waals surface area contributed by atoms with Gasteiger partial charge >= 0.3 is 6.09 Å². The Balaban J connectivity index is 2.31. The summed E-state index contributed by atoms with van der Waals surface area (Å²) < 4.78 is 60.4. The minimum atomic E-state index is -3.34. The van der Waals surface area contributed by atoms with Crippen LogP contribution in [-0.2, 0) is 23.9 Å². The molecule has 0 aromatic rings. The van der Waals surface area contributed by atoms with Crippen LogP contribution >= 0.6 is 0 Å². The van der Waals surface area contributed by atoms with Crippen molar-refractivity contribution in [3.05, 3.63) is 0 Å². The first-order chi connectivity index (χ1) is 17.3. The highest BCUT2D eigenvalue weighted by molar-refractivity contribution is 6.38. The summed E-state index contributed by atoms with van der Waals surface area (Å²) in [6.45, 7) is 4.88. The van der Waals surface area contributed by atoms with E-state index in [2.05, 4.69) is 20.7 Å². The Bertz CT molecular complexity index is 930. The molecule has 2 fully saturated rings. The van der Waals surface area contributed by atoms with Gasteiger partial charge in [0.05, 0.1) is 13.2 Å². The smallest absolute Gasteiger partial charge is 0.407 e. The van der Waals surface area contributed by atoms with Crippen molar-refractivity contribution >= 4 is 29.6 Å².